The molecule has 0 spiro atoms. The number of amides is 1. The fourth-order valence-corrected chi connectivity index (χ4v) is 2.19. The number of aromatic nitrogens is 3. The van der Waals surface area contributed by atoms with Gasteiger partial charge in [-0.2, -0.15) is 4.98 Å². The van der Waals surface area contributed by atoms with E-state index in [9.17, 15) is 4.79 Å². The molecule has 22 heavy (non-hydrogen) atoms. The molecule has 8 nitrogen and oxygen atoms in total. The van der Waals surface area contributed by atoms with Gasteiger partial charge in [-0.15, -0.1) is 0 Å². The van der Waals surface area contributed by atoms with Crippen LogP contribution in [-0.2, 0) is 16.1 Å². The number of likely N-dealkylation sites (N-methyl/N-ethyl adjacent to an activating group) is 1. The van der Waals surface area contributed by atoms with Gasteiger partial charge in [0.2, 0.25) is 11.7 Å². The molecule has 0 unspecified atom stereocenters. The predicted octanol–water partition coefficient (Wildman–Crippen LogP) is 0.0784. The van der Waals surface area contributed by atoms with Crippen LogP contribution in [0.5, 0.6) is 0 Å². The molecule has 0 aliphatic carbocycles. The third kappa shape index (κ3) is 3.29. The average molecular weight is 303 g/mol. The number of hydrogen-bond donors (Lipinski definition) is 1. The summed E-state index contributed by atoms with van der Waals surface area (Å²) >= 11 is 0. The highest BCUT2D eigenvalue weighted by molar-refractivity contribution is 5.81. The molecule has 0 saturated carbocycles. The molecule has 116 valence electrons. The third-order valence-corrected chi connectivity index (χ3v) is 3.36. The molecule has 0 aromatic carbocycles. The fraction of sp³-hybridized carbons (Fsp3) is 0.429. The molecule has 3 rings (SSSR count). The normalized spacial score (nSPS) is 18.1. The van der Waals surface area contributed by atoms with E-state index in [1.807, 2.05) is 0 Å². The van der Waals surface area contributed by atoms with Crippen LogP contribution in [0.15, 0.2) is 29.0 Å². The Balaban J connectivity index is 1.63. The second-order valence-electron chi connectivity index (χ2n) is 5.01. The summed E-state index contributed by atoms with van der Waals surface area (Å²) in [6, 6.07) is 3.59. The van der Waals surface area contributed by atoms with Crippen molar-refractivity contribution in [2.75, 3.05) is 26.7 Å². The van der Waals surface area contributed by atoms with E-state index in [1.165, 1.54) is 4.90 Å². The smallest absolute Gasteiger partial charge is 0.253 e. The van der Waals surface area contributed by atoms with Gasteiger partial charge in [0.1, 0.15) is 6.10 Å². The molecule has 1 saturated heterocycles. The zero-order chi connectivity index (χ0) is 15.4. The number of ether oxygens (including phenoxy) is 1. The summed E-state index contributed by atoms with van der Waals surface area (Å²) in [4.78, 5) is 22.0. The van der Waals surface area contributed by atoms with Crippen molar-refractivity contribution in [1.29, 1.82) is 0 Å². The molecule has 0 radical (unpaired) electrons. The van der Waals surface area contributed by atoms with E-state index in [0.29, 0.717) is 24.9 Å². The molecule has 1 aliphatic rings. The number of nitrogens with one attached hydrogen (secondary N) is 1. The molecule has 0 bridgehead atoms. The number of carbonyl (C=O) groups is 1. The summed E-state index contributed by atoms with van der Waals surface area (Å²) in [6.45, 7) is 2.08. The van der Waals surface area contributed by atoms with Gasteiger partial charge in [-0.3, -0.25) is 9.78 Å². The van der Waals surface area contributed by atoms with Gasteiger partial charge in [0.25, 0.3) is 5.91 Å². The van der Waals surface area contributed by atoms with Crippen LogP contribution < -0.4 is 5.32 Å². The first kappa shape index (κ1) is 14.6. The first-order valence-electron chi connectivity index (χ1n) is 7.04. The molecule has 1 N–H and O–H groups in total. The topological polar surface area (TPSA) is 93.4 Å². The van der Waals surface area contributed by atoms with Gasteiger partial charge < -0.3 is 19.5 Å². The van der Waals surface area contributed by atoms with Crippen LogP contribution in [0, 0.1) is 0 Å². The maximum atomic E-state index is 12.2. The highest BCUT2D eigenvalue weighted by Crippen LogP contribution is 2.15. The van der Waals surface area contributed by atoms with E-state index < -0.39 is 6.10 Å². The van der Waals surface area contributed by atoms with E-state index in [4.69, 9.17) is 9.26 Å². The minimum Gasteiger partial charge on any atom is -0.366 e. The highest BCUT2D eigenvalue weighted by Gasteiger charge is 2.26. The minimum absolute atomic E-state index is 0.101. The Hall–Kier alpha value is -2.32. The lowest BCUT2D eigenvalue weighted by Crippen LogP contribution is -2.48. The number of nitrogens with zero attached hydrogens (tertiary/aromatic N) is 4. The van der Waals surface area contributed by atoms with Crippen molar-refractivity contribution in [1.82, 2.24) is 25.3 Å². The van der Waals surface area contributed by atoms with Gasteiger partial charge in [0.15, 0.2) is 0 Å². The number of hydrogen-bond acceptors (Lipinski definition) is 7. The zero-order valence-corrected chi connectivity index (χ0v) is 12.2. The van der Waals surface area contributed by atoms with Gasteiger partial charge in [0, 0.05) is 38.1 Å². The Morgan fingerprint density at radius 3 is 3.00 bits per heavy atom. The quantitative estimate of drug-likeness (QED) is 0.854. The van der Waals surface area contributed by atoms with Gasteiger partial charge in [-0.1, -0.05) is 5.16 Å². The van der Waals surface area contributed by atoms with E-state index in [0.717, 1.165) is 12.1 Å². The van der Waals surface area contributed by atoms with Gasteiger partial charge in [-0.05, 0) is 12.1 Å². The second kappa shape index (κ2) is 6.63. The maximum absolute atomic E-state index is 12.2. The van der Waals surface area contributed by atoms with E-state index in [-0.39, 0.29) is 12.5 Å². The molecule has 1 atom stereocenters. The lowest BCUT2D eigenvalue weighted by molar-refractivity contribution is -0.144. The molecule has 1 amide bonds. The standard InChI is InChI=1S/C14H17N5O3/c1-19(14(20)11-8-16-6-7-21-11)9-12-17-13(18-22-12)10-2-4-15-5-3-10/h2-5,11,16H,6-9H2,1H3/t11-/m1/s1. The number of rotatable bonds is 4. The Morgan fingerprint density at radius 2 is 2.27 bits per heavy atom. The predicted molar refractivity (Wildman–Crippen MR) is 76.6 cm³/mol. The maximum Gasteiger partial charge on any atom is 0.253 e. The van der Waals surface area contributed by atoms with Gasteiger partial charge in [-0.25, -0.2) is 0 Å². The third-order valence-electron chi connectivity index (χ3n) is 3.36. The lowest BCUT2D eigenvalue weighted by atomic mass is 10.2. The molecule has 2 aromatic heterocycles. The molecule has 1 fully saturated rings. The molecular formula is C14H17N5O3. The van der Waals surface area contributed by atoms with Crippen molar-refractivity contribution in [3.8, 4) is 11.4 Å². The summed E-state index contributed by atoms with van der Waals surface area (Å²) in [5, 5.41) is 7.05. The molecule has 8 heteroatoms. The zero-order valence-electron chi connectivity index (χ0n) is 12.2. The van der Waals surface area contributed by atoms with Crippen LogP contribution in [-0.4, -0.2) is 58.8 Å². The van der Waals surface area contributed by atoms with Crippen molar-refractivity contribution in [2.24, 2.45) is 0 Å². The monoisotopic (exact) mass is 303 g/mol. The Labute approximate surface area is 127 Å². The Bertz CT molecular complexity index is 624. The molecule has 1 aliphatic heterocycles. The van der Waals surface area contributed by atoms with Gasteiger partial charge >= 0.3 is 0 Å². The van der Waals surface area contributed by atoms with Crippen molar-refractivity contribution in [2.45, 2.75) is 12.6 Å². The Morgan fingerprint density at radius 1 is 1.45 bits per heavy atom. The lowest BCUT2D eigenvalue weighted by Gasteiger charge is -2.26. The number of carbonyl (C=O) groups excluding carboxylic acids is 1. The fourth-order valence-electron chi connectivity index (χ4n) is 2.19. The second-order valence-corrected chi connectivity index (χ2v) is 5.01. The first-order valence-corrected chi connectivity index (χ1v) is 7.04. The summed E-state index contributed by atoms with van der Waals surface area (Å²) in [7, 11) is 1.69. The van der Waals surface area contributed by atoms with Crippen molar-refractivity contribution in [3.63, 3.8) is 0 Å². The highest BCUT2D eigenvalue weighted by atomic mass is 16.5. The summed E-state index contributed by atoms with van der Waals surface area (Å²) in [6.07, 6.45) is 2.87. The van der Waals surface area contributed by atoms with Crippen LogP contribution in [0.25, 0.3) is 11.4 Å². The van der Waals surface area contributed by atoms with Crippen LogP contribution in [0.3, 0.4) is 0 Å². The van der Waals surface area contributed by atoms with Crippen molar-refractivity contribution < 1.29 is 14.1 Å². The molecule has 2 aromatic rings. The van der Waals surface area contributed by atoms with E-state index in [2.05, 4.69) is 20.4 Å². The SMILES string of the molecule is CN(Cc1nc(-c2ccncc2)no1)C(=O)[C@H]1CNCCO1. The van der Waals surface area contributed by atoms with Crippen LogP contribution in [0.4, 0.5) is 0 Å². The summed E-state index contributed by atoms with van der Waals surface area (Å²) < 4.78 is 10.6. The largest absolute Gasteiger partial charge is 0.366 e. The van der Waals surface area contributed by atoms with Crippen molar-refractivity contribution >= 4 is 5.91 Å². The summed E-state index contributed by atoms with van der Waals surface area (Å²) in [5.74, 6) is 0.760. The van der Waals surface area contributed by atoms with Crippen LogP contribution in [0.2, 0.25) is 0 Å². The average Bonchev–Trinajstić information content (AvgIpc) is 3.04. The molecule has 3 heterocycles. The van der Waals surface area contributed by atoms with Gasteiger partial charge in [0.05, 0.1) is 13.2 Å². The van der Waals surface area contributed by atoms with Crippen LogP contribution in [0.1, 0.15) is 5.89 Å². The van der Waals surface area contributed by atoms with Crippen molar-refractivity contribution in [3.05, 3.63) is 30.4 Å². The number of morpholine rings is 1. The van der Waals surface area contributed by atoms with E-state index in [1.54, 1.807) is 31.6 Å². The minimum atomic E-state index is -0.457. The summed E-state index contributed by atoms with van der Waals surface area (Å²) in [5.41, 5.74) is 0.818. The van der Waals surface area contributed by atoms with Crippen LogP contribution >= 0.6 is 0 Å². The Kier molecular flexibility index (Phi) is 4.40. The molecular weight excluding hydrogens is 286 g/mol. The van der Waals surface area contributed by atoms with E-state index >= 15 is 0 Å². The number of pyridine rings is 1. The first-order chi connectivity index (χ1) is 10.7.